The minimum absolute atomic E-state index is 0.0781. The van der Waals surface area contributed by atoms with Crippen molar-refractivity contribution in [3.63, 3.8) is 0 Å². The molecule has 0 saturated carbocycles. The first-order valence-corrected chi connectivity index (χ1v) is 8.48. The first kappa shape index (κ1) is 15.6. The first-order chi connectivity index (χ1) is 12.1. The van der Waals surface area contributed by atoms with Crippen molar-refractivity contribution >= 4 is 22.8 Å². The molecule has 0 spiro atoms. The Bertz CT molecular complexity index is 967. The highest BCUT2D eigenvalue weighted by Crippen LogP contribution is 2.21. The fourth-order valence-corrected chi connectivity index (χ4v) is 3.18. The van der Waals surface area contributed by atoms with E-state index in [0.717, 1.165) is 41.1 Å². The van der Waals surface area contributed by atoms with Gasteiger partial charge in [-0.1, -0.05) is 24.3 Å². The highest BCUT2D eigenvalue weighted by atomic mass is 16.2. The summed E-state index contributed by atoms with van der Waals surface area (Å²) in [5, 5.41) is 2.99. The minimum atomic E-state index is -0.0781. The molecule has 1 N–H and O–H groups in total. The molecule has 0 unspecified atom stereocenters. The lowest BCUT2D eigenvalue weighted by Crippen LogP contribution is -2.38. The summed E-state index contributed by atoms with van der Waals surface area (Å²) in [4.78, 5) is 23.5. The topological polar surface area (TPSA) is 58.1 Å². The molecule has 0 aliphatic carbocycles. The summed E-state index contributed by atoms with van der Waals surface area (Å²) >= 11 is 0. The number of aryl methyl sites for hydroxylation is 2. The Balaban J connectivity index is 1.53. The Morgan fingerprint density at radius 2 is 1.72 bits per heavy atom. The third kappa shape index (κ3) is 3.05. The van der Waals surface area contributed by atoms with E-state index < -0.39 is 0 Å². The van der Waals surface area contributed by atoms with Crippen LogP contribution >= 0.6 is 0 Å². The van der Waals surface area contributed by atoms with Crippen molar-refractivity contribution in [2.45, 2.75) is 26.8 Å². The van der Waals surface area contributed by atoms with Crippen molar-refractivity contribution in [1.82, 2.24) is 14.9 Å². The third-order valence-electron chi connectivity index (χ3n) is 4.74. The van der Waals surface area contributed by atoms with Crippen LogP contribution in [0.25, 0.3) is 11.0 Å². The van der Waals surface area contributed by atoms with Crippen LogP contribution in [0.2, 0.25) is 0 Å². The lowest BCUT2D eigenvalue weighted by atomic mass is 10.0. The lowest BCUT2D eigenvalue weighted by molar-refractivity contribution is 0.206. The Labute approximate surface area is 146 Å². The van der Waals surface area contributed by atoms with Gasteiger partial charge < -0.3 is 10.2 Å². The molecule has 2 aromatic carbocycles. The molecule has 3 aromatic rings. The van der Waals surface area contributed by atoms with Crippen molar-refractivity contribution in [2.24, 2.45) is 0 Å². The molecule has 2 heterocycles. The van der Waals surface area contributed by atoms with Gasteiger partial charge in [-0.15, -0.1) is 0 Å². The Kier molecular flexibility index (Phi) is 3.84. The summed E-state index contributed by atoms with van der Waals surface area (Å²) in [5.41, 5.74) is 6.77. The van der Waals surface area contributed by atoms with E-state index in [0.29, 0.717) is 6.54 Å². The van der Waals surface area contributed by atoms with Crippen LogP contribution in [0.4, 0.5) is 10.5 Å². The van der Waals surface area contributed by atoms with Gasteiger partial charge in [-0.05, 0) is 49.6 Å². The average Bonchev–Trinajstić information content (AvgIpc) is 2.62. The van der Waals surface area contributed by atoms with Gasteiger partial charge in [0.1, 0.15) is 0 Å². The van der Waals surface area contributed by atoms with Crippen LogP contribution in [-0.4, -0.2) is 27.4 Å². The fourth-order valence-electron chi connectivity index (χ4n) is 3.18. The zero-order valence-electron chi connectivity index (χ0n) is 14.4. The average molecular weight is 332 g/mol. The number of carbonyl (C=O) groups excluding carboxylic acids is 1. The Morgan fingerprint density at radius 1 is 1.00 bits per heavy atom. The molecule has 0 atom stereocenters. The fraction of sp³-hybridized carbons (Fsp3) is 0.250. The van der Waals surface area contributed by atoms with E-state index >= 15 is 0 Å². The molecule has 126 valence electrons. The lowest BCUT2D eigenvalue weighted by Gasteiger charge is -2.29. The molecule has 1 aromatic heterocycles. The molecule has 25 heavy (non-hydrogen) atoms. The molecular formula is C20H20N4O. The number of carbonyl (C=O) groups is 1. The van der Waals surface area contributed by atoms with Gasteiger partial charge in [0.15, 0.2) is 0 Å². The predicted octanol–water partition coefficient (Wildman–Crippen LogP) is 3.84. The van der Waals surface area contributed by atoms with Crippen LogP contribution in [0.15, 0.2) is 42.5 Å². The zero-order valence-corrected chi connectivity index (χ0v) is 14.4. The van der Waals surface area contributed by atoms with Crippen LogP contribution in [0, 0.1) is 13.8 Å². The van der Waals surface area contributed by atoms with Crippen molar-refractivity contribution < 1.29 is 4.79 Å². The molecule has 1 aliphatic heterocycles. The molecule has 0 radical (unpaired) electrons. The van der Waals surface area contributed by atoms with Crippen LogP contribution in [-0.2, 0) is 13.0 Å². The summed E-state index contributed by atoms with van der Waals surface area (Å²) in [6, 6.07) is 13.9. The number of urea groups is 1. The molecule has 0 saturated heterocycles. The van der Waals surface area contributed by atoms with Gasteiger partial charge in [0, 0.05) is 18.8 Å². The highest BCUT2D eigenvalue weighted by Gasteiger charge is 2.20. The second-order valence-corrected chi connectivity index (χ2v) is 6.47. The predicted molar refractivity (Wildman–Crippen MR) is 98.6 cm³/mol. The zero-order chi connectivity index (χ0) is 17.4. The molecule has 4 rings (SSSR count). The monoisotopic (exact) mass is 332 g/mol. The first-order valence-electron chi connectivity index (χ1n) is 8.48. The number of amides is 2. The summed E-state index contributed by atoms with van der Waals surface area (Å²) in [5.74, 6) is 0. The molecule has 2 amide bonds. The summed E-state index contributed by atoms with van der Waals surface area (Å²) in [6.45, 7) is 5.27. The molecule has 1 aliphatic rings. The van der Waals surface area contributed by atoms with Gasteiger partial charge in [0.25, 0.3) is 0 Å². The van der Waals surface area contributed by atoms with Gasteiger partial charge in [-0.25, -0.2) is 14.8 Å². The maximum absolute atomic E-state index is 12.6. The van der Waals surface area contributed by atoms with Crippen LogP contribution in [0.5, 0.6) is 0 Å². The number of nitrogens with one attached hydrogen (secondary N) is 1. The van der Waals surface area contributed by atoms with Crippen molar-refractivity contribution in [1.29, 1.82) is 0 Å². The number of hydrogen-bond acceptors (Lipinski definition) is 3. The molecule has 5 heteroatoms. The van der Waals surface area contributed by atoms with Crippen LogP contribution in [0.3, 0.4) is 0 Å². The van der Waals surface area contributed by atoms with Crippen LogP contribution in [0.1, 0.15) is 22.5 Å². The smallest absolute Gasteiger partial charge is 0.320 e. The van der Waals surface area contributed by atoms with Crippen molar-refractivity contribution in [3.8, 4) is 0 Å². The Hall–Kier alpha value is -2.95. The van der Waals surface area contributed by atoms with E-state index in [-0.39, 0.29) is 6.03 Å². The molecule has 0 bridgehead atoms. The number of fused-ring (bicyclic) bond motifs is 2. The maximum Gasteiger partial charge on any atom is 0.322 e. The normalized spacial score (nSPS) is 13.6. The van der Waals surface area contributed by atoms with E-state index in [1.54, 1.807) is 0 Å². The van der Waals surface area contributed by atoms with Crippen molar-refractivity contribution in [2.75, 3.05) is 11.9 Å². The van der Waals surface area contributed by atoms with E-state index in [1.807, 2.05) is 49.1 Å². The maximum atomic E-state index is 12.6. The van der Waals surface area contributed by atoms with Gasteiger partial charge in [-0.3, -0.25) is 0 Å². The van der Waals surface area contributed by atoms with E-state index in [4.69, 9.17) is 0 Å². The number of aromatic nitrogens is 2. The third-order valence-corrected chi connectivity index (χ3v) is 4.74. The minimum Gasteiger partial charge on any atom is -0.320 e. The van der Waals surface area contributed by atoms with E-state index in [2.05, 4.69) is 27.4 Å². The summed E-state index contributed by atoms with van der Waals surface area (Å²) < 4.78 is 0. The number of nitrogens with zero attached hydrogens (tertiary/aromatic N) is 3. The quantitative estimate of drug-likeness (QED) is 0.736. The van der Waals surface area contributed by atoms with Gasteiger partial charge >= 0.3 is 6.03 Å². The molecular weight excluding hydrogens is 312 g/mol. The standard InChI is InChI=1S/C20H20N4O/c1-13-14(2)22-19-11-17(7-8-18(19)21-13)23-20(25)24-10-9-15-5-3-4-6-16(15)12-24/h3-8,11H,9-10,12H2,1-2H3,(H,23,25). The van der Waals surface area contributed by atoms with Gasteiger partial charge in [0.05, 0.1) is 22.4 Å². The van der Waals surface area contributed by atoms with Gasteiger partial charge in [0.2, 0.25) is 0 Å². The number of benzene rings is 2. The number of anilines is 1. The Morgan fingerprint density at radius 3 is 2.52 bits per heavy atom. The highest BCUT2D eigenvalue weighted by molar-refractivity contribution is 5.92. The van der Waals surface area contributed by atoms with E-state index in [9.17, 15) is 4.79 Å². The largest absolute Gasteiger partial charge is 0.322 e. The van der Waals surface area contributed by atoms with Gasteiger partial charge in [-0.2, -0.15) is 0 Å². The van der Waals surface area contributed by atoms with Crippen molar-refractivity contribution in [3.05, 3.63) is 65.0 Å². The number of hydrogen-bond donors (Lipinski definition) is 1. The SMILES string of the molecule is Cc1nc2ccc(NC(=O)N3CCc4ccccc4C3)cc2nc1C. The number of rotatable bonds is 1. The second-order valence-electron chi connectivity index (χ2n) is 6.47. The molecule has 0 fully saturated rings. The van der Waals surface area contributed by atoms with Crippen LogP contribution < -0.4 is 5.32 Å². The van der Waals surface area contributed by atoms with E-state index in [1.165, 1.54) is 11.1 Å². The summed E-state index contributed by atoms with van der Waals surface area (Å²) in [7, 11) is 0. The second kappa shape index (κ2) is 6.16. The molecule has 5 nitrogen and oxygen atoms in total. The summed E-state index contributed by atoms with van der Waals surface area (Å²) in [6.07, 6.45) is 0.894.